The van der Waals surface area contributed by atoms with Crippen molar-refractivity contribution < 1.29 is 19.0 Å². The lowest BCUT2D eigenvalue weighted by Gasteiger charge is -2.01. The highest BCUT2D eigenvalue weighted by molar-refractivity contribution is 5.69. The Morgan fingerprint density at radius 2 is 2.18 bits per heavy atom. The van der Waals surface area contributed by atoms with Gasteiger partial charge < -0.3 is 15.0 Å². The first-order chi connectivity index (χ1) is 8.09. The lowest BCUT2D eigenvalue weighted by molar-refractivity contribution is -0.386. The molecule has 1 aliphatic rings. The van der Waals surface area contributed by atoms with Crippen molar-refractivity contribution in [2.45, 2.75) is 31.6 Å². The van der Waals surface area contributed by atoms with Gasteiger partial charge in [-0.15, -0.1) is 0 Å². The minimum absolute atomic E-state index is 0.00984. The summed E-state index contributed by atoms with van der Waals surface area (Å²) >= 11 is 0. The Morgan fingerprint density at radius 3 is 2.71 bits per heavy atom. The number of rotatable bonds is 3. The number of aromatic nitrogens is 1. The molecular weight excluding hydrogens is 230 g/mol. The van der Waals surface area contributed by atoms with Crippen LogP contribution in [0.2, 0.25) is 0 Å². The van der Waals surface area contributed by atoms with E-state index in [2.05, 4.69) is 14.4 Å². The van der Waals surface area contributed by atoms with E-state index in [1.165, 1.54) is 0 Å². The molecule has 1 aliphatic carbocycles. The number of nitro groups is 1. The van der Waals surface area contributed by atoms with E-state index in [0.717, 1.165) is 25.7 Å². The third-order valence-corrected chi connectivity index (χ3v) is 2.78. The first-order valence-electron chi connectivity index (χ1n) is 5.21. The molecule has 0 unspecified atom stereocenters. The fourth-order valence-electron chi connectivity index (χ4n) is 2.08. The third-order valence-electron chi connectivity index (χ3n) is 2.78. The first kappa shape index (κ1) is 11.4. The molecule has 8 heteroatoms. The Balaban J connectivity index is 2.35. The summed E-state index contributed by atoms with van der Waals surface area (Å²) in [7, 11) is 0. The number of carbonyl (C=O) groups excluding carboxylic acids is 1. The Bertz CT molecular complexity index is 449. The van der Waals surface area contributed by atoms with Gasteiger partial charge in [0, 0.05) is 5.92 Å². The van der Waals surface area contributed by atoms with Gasteiger partial charge in [-0.2, -0.15) is 0 Å². The van der Waals surface area contributed by atoms with E-state index in [1.54, 1.807) is 0 Å². The van der Waals surface area contributed by atoms with E-state index in [9.17, 15) is 14.9 Å². The molecule has 0 spiro atoms. The number of ether oxygens (including phenoxy) is 1. The van der Waals surface area contributed by atoms with Gasteiger partial charge in [0.15, 0.2) is 5.69 Å². The number of hydrogen-bond donors (Lipinski definition) is 1. The largest absolute Gasteiger partial charge is 0.412 e. The van der Waals surface area contributed by atoms with E-state index >= 15 is 0 Å². The predicted molar refractivity (Wildman–Crippen MR) is 54.6 cm³/mol. The van der Waals surface area contributed by atoms with Gasteiger partial charge in [-0.25, -0.2) is 4.79 Å². The zero-order valence-corrected chi connectivity index (χ0v) is 8.92. The van der Waals surface area contributed by atoms with Gasteiger partial charge in [-0.1, -0.05) is 18.0 Å². The summed E-state index contributed by atoms with van der Waals surface area (Å²) < 4.78 is 9.08. The zero-order chi connectivity index (χ0) is 12.4. The van der Waals surface area contributed by atoms with E-state index in [-0.39, 0.29) is 11.6 Å². The minimum Gasteiger partial charge on any atom is -0.369 e. The highest BCUT2D eigenvalue weighted by atomic mass is 16.7. The van der Waals surface area contributed by atoms with E-state index in [0.29, 0.717) is 0 Å². The van der Waals surface area contributed by atoms with Gasteiger partial charge in [-0.05, 0) is 12.8 Å². The van der Waals surface area contributed by atoms with Crippen LogP contribution in [0.25, 0.3) is 0 Å². The molecular formula is C9H11N3O5. The fraction of sp³-hybridized carbons (Fsp3) is 0.556. The lowest BCUT2D eigenvalue weighted by Crippen LogP contribution is -2.16. The summed E-state index contributed by atoms with van der Waals surface area (Å²) in [5, 5.41) is 14.5. The predicted octanol–water partition coefficient (Wildman–Crippen LogP) is 1.70. The third kappa shape index (κ3) is 2.19. The van der Waals surface area contributed by atoms with Crippen molar-refractivity contribution in [3.63, 3.8) is 0 Å². The van der Waals surface area contributed by atoms with Gasteiger partial charge in [0.25, 0.3) is 0 Å². The molecule has 2 N–H and O–H groups in total. The Labute approximate surface area is 95.8 Å². The van der Waals surface area contributed by atoms with Crippen molar-refractivity contribution in [2.24, 2.45) is 5.73 Å². The molecule has 0 aliphatic heterocycles. The molecule has 92 valence electrons. The second-order valence-corrected chi connectivity index (χ2v) is 3.86. The molecule has 8 nitrogen and oxygen atoms in total. The maximum atomic E-state index is 10.9. The van der Waals surface area contributed by atoms with Crippen molar-refractivity contribution in [1.82, 2.24) is 5.16 Å². The molecule has 1 aromatic rings. The summed E-state index contributed by atoms with van der Waals surface area (Å²) in [6.07, 6.45) is 2.48. The van der Waals surface area contributed by atoms with Crippen LogP contribution in [0, 0.1) is 10.1 Å². The normalized spacial score (nSPS) is 16.0. The molecule has 17 heavy (non-hydrogen) atoms. The zero-order valence-electron chi connectivity index (χ0n) is 8.92. The molecule has 1 heterocycles. The summed E-state index contributed by atoms with van der Waals surface area (Å²) in [6.45, 7) is 0. The molecule has 0 aromatic carbocycles. The maximum Gasteiger partial charge on any atom is 0.412 e. The second kappa shape index (κ2) is 4.40. The van der Waals surface area contributed by atoms with Crippen molar-refractivity contribution in [3.8, 4) is 5.95 Å². The second-order valence-electron chi connectivity index (χ2n) is 3.86. The number of primary amides is 1. The SMILES string of the molecule is NC(=O)Oc1onc(C2CCCC2)c1[N+](=O)[O-]. The number of hydrogen-bond acceptors (Lipinski definition) is 6. The molecule has 1 fully saturated rings. The summed E-state index contributed by atoms with van der Waals surface area (Å²) in [5.74, 6) is -0.547. The molecule has 1 saturated carbocycles. The summed E-state index contributed by atoms with van der Waals surface area (Å²) in [6, 6.07) is 0. The van der Waals surface area contributed by atoms with Crippen LogP contribution in [0.3, 0.4) is 0 Å². The van der Waals surface area contributed by atoms with Crippen LogP contribution >= 0.6 is 0 Å². The maximum absolute atomic E-state index is 10.9. The Kier molecular flexibility index (Phi) is 2.94. The van der Waals surface area contributed by atoms with Crippen LogP contribution in [-0.4, -0.2) is 16.2 Å². The molecule has 1 aromatic heterocycles. The van der Waals surface area contributed by atoms with Crippen LogP contribution in [0.4, 0.5) is 10.5 Å². The minimum atomic E-state index is -1.16. The van der Waals surface area contributed by atoms with E-state index in [4.69, 9.17) is 5.73 Å². The van der Waals surface area contributed by atoms with Crippen LogP contribution in [0.15, 0.2) is 4.52 Å². The topological polar surface area (TPSA) is 121 Å². The van der Waals surface area contributed by atoms with Crippen LogP contribution in [-0.2, 0) is 0 Å². The fourth-order valence-corrected chi connectivity index (χ4v) is 2.08. The van der Waals surface area contributed by atoms with Crippen molar-refractivity contribution >= 4 is 11.8 Å². The van der Waals surface area contributed by atoms with Crippen LogP contribution < -0.4 is 10.5 Å². The van der Waals surface area contributed by atoms with Gasteiger partial charge >= 0.3 is 17.7 Å². The molecule has 0 saturated heterocycles. The highest BCUT2D eigenvalue weighted by Crippen LogP contribution is 2.42. The lowest BCUT2D eigenvalue weighted by atomic mass is 10.0. The molecule has 2 rings (SSSR count). The smallest absolute Gasteiger partial charge is 0.369 e. The Hall–Kier alpha value is -2.12. The molecule has 0 atom stereocenters. The molecule has 0 bridgehead atoms. The average Bonchev–Trinajstić information content (AvgIpc) is 2.82. The monoisotopic (exact) mass is 241 g/mol. The van der Waals surface area contributed by atoms with Crippen molar-refractivity contribution in [3.05, 3.63) is 15.8 Å². The van der Waals surface area contributed by atoms with Gasteiger partial charge in [0.2, 0.25) is 0 Å². The number of amides is 1. The standard InChI is InChI=1S/C9H11N3O5/c10-9(13)16-8-7(12(14)15)6(11-17-8)5-3-1-2-4-5/h5H,1-4H2,(H2,10,13). The summed E-state index contributed by atoms with van der Waals surface area (Å²) in [4.78, 5) is 20.8. The number of carbonyl (C=O) groups is 1. The number of nitrogens with zero attached hydrogens (tertiary/aromatic N) is 2. The summed E-state index contributed by atoms with van der Waals surface area (Å²) in [5.41, 5.74) is 4.63. The van der Waals surface area contributed by atoms with E-state index in [1.807, 2.05) is 0 Å². The van der Waals surface area contributed by atoms with Gasteiger partial charge in [0.1, 0.15) is 0 Å². The van der Waals surface area contributed by atoms with Crippen LogP contribution in [0.1, 0.15) is 37.3 Å². The van der Waals surface area contributed by atoms with Crippen molar-refractivity contribution in [1.29, 1.82) is 0 Å². The highest BCUT2D eigenvalue weighted by Gasteiger charge is 2.35. The first-order valence-corrected chi connectivity index (χ1v) is 5.21. The van der Waals surface area contributed by atoms with E-state index < -0.39 is 22.7 Å². The van der Waals surface area contributed by atoms with Gasteiger partial charge in [0.05, 0.1) is 4.92 Å². The average molecular weight is 241 g/mol. The van der Waals surface area contributed by atoms with Crippen molar-refractivity contribution in [2.75, 3.05) is 0 Å². The number of nitrogens with two attached hydrogens (primary N) is 1. The Morgan fingerprint density at radius 1 is 1.53 bits per heavy atom. The van der Waals surface area contributed by atoms with Crippen LogP contribution in [0.5, 0.6) is 5.95 Å². The van der Waals surface area contributed by atoms with Gasteiger partial charge in [-0.3, -0.25) is 10.1 Å². The molecule has 0 radical (unpaired) electrons. The quantitative estimate of drug-likeness (QED) is 0.634. The molecule has 1 amide bonds.